The zero-order valence-corrected chi connectivity index (χ0v) is 25.2. The lowest BCUT2D eigenvalue weighted by Gasteiger charge is -2.50. The molecule has 0 aromatic heterocycles. The average molecular weight is 591 g/mol. The third-order valence-electron chi connectivity index (χ3n) is 7.48. The first-order chi connectivity index (χ1) is 18.6. The summed E-state index contributed by atoms with van der Waals surface area (Å²) in [7, 11) is 0. The second-order valence-electron chi connectivity index (χ2n) is 9.56. The van der Waals surface area contributed by atoms with Gasteiger partial charge in [-0.15, -0.1) is 0 Å². The third kappa shape index (κ3) is 4.59. The fourth-order valence-electron chi connectivity index (χ4n) is 6.20. The molecule has 0 spiro atoms. The van der Waals surface area contributed by atoms with Crippen LogP contribution >= 0.6 is 50.5 Å². The molecule has 2 heterocycles. The Bertz CT molecular complexity index is 954. The van der Waals surface area contributed by atoms with Crippen LogP contribution in [-0.4, -0.2) is 80.9 Å². The van der Waals surface area contributed by atoms with Crippen LogP contribution in [-0.2, 0) is 11.3 Å². The molecule has 2 saturated heterocycles. The number of amides is 4. The molecule has 10 heteroatoms. The van der Waals surface area contributed by atoms with Gasteiger partial charge < -0.3 is 0 Å². The second-order valence-corrected chi connectivity index (χ2v) is 11.3. The minimum absolute atomic E-state index is 0.0690. The van der Waals surface area contributed by atoms with Crippen molar-refractivity contribution in [3.8, 4) is 0 Å². The smallest absolute Gasteiger partial charge is 0.293 e. The van der Waals surface area contributed by atoms with Gasteiger partial charge in [-0.1, -0.05) is 60.7 Å². The molecule has 0 saturated carbocycles. The lowest BCUT2D eigenvalue weighted by molar-refractivity contribution is -0.0755. The number of carbonyl (C=O) groups excluding carboxylic acids is 2. The largest absolute Gasteiger partial charge is 0.324 e. The maximum atomic E-state index is 14.6. The molecule has 2 fully saturated rings. The molecule has 2 aliphatic rings. The van der Waals surface area contributed by atoms with Crippen LogP contribution in [0.4, 0.5) is 9.59 Å². The Balaban J connectivity index is 2.14. The fraction of sp³-hybridized carbons (Fsp3) is 0.500. The van der Waals surface area contributed by atoms with Gasteiger partial charge in [0.1, 0.15) is 0 Å². The molecule has 2 aromatic rings. The summed E-state index contributed by atoms with van der Waals surface area (Å²) >= 11 is 18.0. The Hall–Kier alpha value is -1.62. The van der Waals surface area contributed by atoms with Crippen LogP contribution in [0.15, 0.2) is 60.7 Å². The Morgan fingerprint density at radius 2 is 0.737 bits per heavy atom. The molecular formula is C28H38N4O2S4. The van der Waals surface area contributed by atoms with E-state index >= 15 is 0 Å². The quantitative estimate of drug-likeness (QED) is 0.221. The van der Waals surface area contributed by atoms with Gasteiger partial charge in [0.25, 0.3) is 0 Å². The Morgan fingerprint density at radius 1 is 0.474 bits per heavy atom. The van der Waals surface area contributed by atoms with E-state index in [2.05, 4.69) is 74.8 Å². The van der Waals surface area contributed by atoms with Crippen LogP contribution in [0.5, 0.6) is 0 Å². The van der Waals surface area contributed by atoms with Crippen LogP contribution in [0.25, 0.3) is 0 Å². The number of hydrogen-bond donors (Lipinski definition) is 4. The van der Waals surface area contributed by atoms with Crippen molar-refractivity contribution in [3.63, 3.8) is 0 Å². The van der Waals surface area contributed by atoms with Gasteiger partial charge in [0.15, 0.2) is 11.3 Å². The van der Waals surface area contributed by atoms with Crippen molar-refractivity contribution >= 4 is 62.6 Å². The second kappa shape index (κ2) is 13.2. The number of hydrogen-bond acceptors (Lipinski definition) is 6. The highest BCUT2D eigenvalue weighted by Crippen LogP contribution is 2.62. The van der Waals surface area contributed by atoms with Crippen molar-refractivity contribution in [2.75, 3.05) is 49.2 Å². The molecule has 2 aliphatic heterocycles. The van der Waals surface area contributed by atoms with Crippen molar-refractivity contribution in [2.45, 2.75) is 37.0 Å². The van der Waals surface area contributed by atoms with E-state index in [1.165, 1.54) is 0 Å². The van der Waals surface area contributed by atoms with Gasteiger partial charge in [-0.25, -0.2) is 9.59 Å². The van der Waals surface area contributed by atoms with Gasteiger partial charge in [-0.3, -0.25) is 19.6 Å². The van der Waals surface area contributed by atoms with Crippen LogP contribution in [0, 0.1) is 0 Å². The molecule has 0 radical (unpaired) electrons. The molecule has 38 heavy (non-hydrogen) atoms. The number of thiol groups is 4. The first-order valence-corrected chi connectivity index (χ1v) is 15.8. The maximum Gasteiger partial charge on any atom is 0.324 e. The van der Waals surface area contributed by atoms with E-state index in [1.807, 2.05) is 56.0 Å². The average Bonchev–Trinajstić information content (AvgIpc) is 3.30. The van der Waals surface area contributed by atoms with Gasteiger partial charge in [-0.2, -0.15) is 50.5 Å². The molecule has 0 atom stereocenters. The number of urea groups is 2. The molecule has 0 aliphatic carbocycles. The number of rotatable bonds is 14. The predicted octanol–water partition coefficient (Wildman–Crippen LogP) is 5.45. The van der Waals surface area contributed by atoms with E-state index in [9.17, 15) is 9.59 Å². The summed E-state index contributed by atoms with van der Waals surface area (Å²) in [5, 5.41) is 0. The Morgan fingerprint density at radius 3 is 0.974 bits per heavy atom. The van der Waals surface area contributed by atoms with Crippen molar-refractivity contribution in [1.29, 1.82) is 0 Å². The zero-order valence-electron chi connectivity index (χ0n) is 21.7. The maximum absolute atomic E-state index is 14.6. The molecule has 206 valence electrons. The molecule has 4 rings (SSSR count). The van der Waals surface area contributed by atoms with Gasteiger partial charge in [0, 0.05) is 37.3 Å². The minimum Gasteiger partial charge on any atom is -0.293 e. The molecule has 0 unspecified atom stereocenters. The Labute approximate surface area is 248 Å². The number of benzene rings is 2. The van der Waals surface area contributed by atoms with Gasteiger partial charge in [-0.05, 0) is 48.7 Å². The third-order valence-corrected chi connectivity index (χ3v) is 8.75. The summed E-state index contributed by atoms with van der Waals surface area (Å²) in [6.07, 6.45) is 2.83. The van der Waals surface area contributed by atoms with Crippen molar-refractivity contribution < 1.29 is 9.59 Å². The monoisotopic (exact) mass is 590 g/mol. The van der Waals surface area contributed by atoms with Gasteiger partial charge in [0.2, 0.25) is 0 Å². The summed E-state index contributed by atoms with van der Waals surface area (Å²) in [6.45, 7) is 1.92. The SMILES string of the molecule is O=C1N(CCCS)C2(c3ccccc3)N(CCCS)C(=O)N(CCCS)C2(c2ccccc2)N1CCCS. The molecule has 4 amide bonds. The standard InChI is InChI=1S/C28H38N4O2S4/c33-25-29(15-7-19-35)27(23-11-3-1-4-12-23)28(31(25)17-9-21-37,24-13-5-2-6-14-24)32(18-10-22-38)26(34)30(27)16-8-20-36/h1-6,11-14,35-38H,7-10,15-22H2. The highest BCUT2D eigenvalue weighted by molar-refractivity contribution is 7.80. The Kier molecular flexibility index (Phi) is 10.2. The van der Waals surface area contributed by atoms with E-state index in [0.29, 0.717) is 74.9 Å². The number of carbonyl (C=O) groups is 2. The molecule has 6 nitrogen and oxygen atoms in total. The highest BCUT2D eigenvalue weighted by Gasteiger charge is 2.79. The lowest BCUT2D eigenvalue weighted by Crippen LogP contribution is -2.64. The van der Waals surface area contributed by atoms with Crippen molar-refractivity contribution in [2.24, 2.45) is 0 Å². The van der Waals surface area contributed by atoms with E-state index in [-0.39, 0.29) is 12.1 Å². The summed E-state index contributed by atoms with van der Waals surface area (Å²) in [5.41, 5.74) is -0.317. The molecular weight excluding hydrogens is 553 g/mol. The van der Waals surface area contributed by atoms with Crippen LogP contribution < -0.4 is 0 Å². The summed E-state index contributed by atoms with van der Waals surface area (Å²) < 4.78 is 0. The predicted molar refractivity (Wildman–Crippen MR) is 168 cm³/mol. The van der Waals surface area contributed by atoms with Crippen LogP contribution in [0.2, 0.25) is 0 Å². The highest BCUT2D eigenvalue weighted by atomic mass is 32.1. The van der Waals surface area contributed by atoms with Crippen LogP contribution in [0.3, 0.4) is 0 Å². The normalized spacial score (nSPS) is 23.1. The first kappa shape index (κ1) is 29.4. The lowest BCUT2D eigenvalue weighted by atomic mass is 9.79. The topological polar surface area (TPSA) is 47.1 Å². The van der Waals surface area contributed by atoms with Gasteiger partial charge >= 0.3 is 12.1 Å². The van der Waals surface area contributed by atoms with Gasteiger partial charge in [0.05, 0.1) is 0 Å². The van der Waals surface area contributed by atoms with E-state index < -0.39 is 11.3 Å². The summed E-state index contributed by atoms with van der Waals surface area (Å²) in [5.74, 6) is 2.55. The number of nitrogens with zero attached hydrogens (tertiary/aromatic N) is 4. The van der Waals surface area contributed by atoms with Crippen molar-refractivity contribution in [3.05, 3.63) is 71.8 Å². The van der Waals surface area contributed by atoms with E-state index in [0.717, 1.165) is 11.1 Å². The van der Waals surface area contributed by atoms with Crippen LogP contribution in [0.1, 0.15) is 36.8 Å². The van der Waals surface area contributed by atoms with E-state index in [4.69, 9.17) is 0 Å². The summed E-state index contributed by atoms with van der Waals surface area (Å²) in [6, 6.07) is 20.0. The fourth-order valence-corrected chi connectivity index (χ4v) is 6.77. The summed E-state index contributed by atoms with van der Waals surface area (Å²) in [4.78, 5) is 37.1. The van der Waals surface area contributed by atoms with Crippen molar-refractivity contribution in [1.82, 2.24) is 19.6 Å². The first-order valence-electron chi connectivity index (χ1n) is 13.3. The van der Waals surface area contributed by atoms with E-state index in [1.54, 1.807) is 0 Å². The number of fused-ring (bicyclic) bond motifs is 1. The molecule has 0 bridgehead atoms. The zero-order chi connectivity index (χ0) is 27.2. The minimum atomic E-state index is -1.08. The molecule has 0 N–H and O–H groups in total. The molecule has 2 aromatic carbocycles.